The second-order valence-corrected chi connectivity index (χ2v) is 8.02. The van der Waals surface area contributed by atoms with Crippen molar-refractivity contribution in [3.05, 3.63) is 47.8 Å². The number of carbonyl (C=O) groups excluding carboxylic acids is 2. The van der Waals surface area contributed by atoms with E-state index in [-0.39, 0.29) is 41.9 Å². The lowest BCUT2D eigenvalue weighted by Gasteiger charge is -2.28. The molecule has 1 aliphatic heterocycles. The van der Waals surface area contributed by atoms with Gasteiger partial charge in [0.05, 0.1) is 17.8 Å². The predicted octanol–water partition coefficient (Wildman–Crippen LogP) is 3.77. The summed E-state index contributed by atoms with van der Waals surface area (Å²) < 4.78 is 72.0. The van der Waals surface area contributed by atoms with Crippen LogP contribution in [0.15, 0.2) is 30.6 Å². The number of hydrogen-bond acceptors (Lipinski definition) is 5. The number of ether oxygens (including phenoxy) is 1. The Bertz CT molecular complexity index is 1060. The fraction of sp³-hybridized carbons (Fsp3) is 0.381. The quantitative estimate of drug-likeness (QED) is 0.646. The van der Waals surface area contributed by atoms with Crippen LogP contribution in [0.1, 0.15) is 30.6 Å². The van der Waals surface area contributed by atoms with E-state index in [2.05, 4.69) is 4.98 Å². The molecule has 1 aromatic heterocycles. The van der Waals surface area contributed by atoms with E-state index in [1.54, 1.807) is 11.8 Å². The number of nitrogens with one attached hydrogen (secondary N) is 1. The summed E-state index contributed by atoms with van der Waals surface area (Å²) in [4.78, 5) is 29.6. The molecule has 1 fully saturated rings. The molecule has 12 heteroatoms. The Morgan fingerprint density at radius 3 is 2.42 bits per heavy atom. The van der Waals surface area contributed by atoms with E-state index in [0.717, 1.165) is 25.3 Å². The highest BCUT2D eigenvalue weighted by Crippen LogP contribution is 2.39. The molecule has 178 valence electrons. The molecule has 1 aromatic carbocycles. The van der Waals surface area contributed by atoms with Crippen molar-refractivity contribution in [1.82, 2.24) is 10.3 Å². The molecule has 0 saturated carbocycles. The Morgan fingerprint density at radius 2 is 1.85 bits per heavy atom. The van der Waals surface area contributed by atoms with Crippen LogP contribution in [0.3, 0.4) is 0 Å². The van der Waals surface area contributed by atoms with Crippen molar-refractivity contribution in [1.29, 1.82) is 0 Å². The third kappa shape index (κ3) is 5.49. The minimum Gasteiger partial charge on any atom is -0.441 e. The molecule has 3 rings (SSSR count). The summed E-state index contributed by atoms with van der Waals surface area (Å²) >= 11 is 0. The average molecular weight is 472 g/mol. The van der Waals surface area contributed by atoms with Crippen LogP contribution in [0.4, 0.5) is 32.4 Å². The molecule has 1 saturated heterocycles. The molecule has 0 spiro atoms. The Balaban J connectivity index is 2.11. The number of carbonyl (C=O) groups is 2. The number of benzene rings is 1. The fourth-order valence-corrected chi connectivity index (χ4v) is 3.69. The monoisotopic (exact) mass is 472 g/mol. The highest BCUT2D eigenvalue weighted by molar-refractivity contribution is 6.03. The van der Waals surface area contributed by atoms with E-state index in [1.165, 1.54) is 6.20 Å². The first-order valence-corrected chi connectivity index (χ1v) is 9.84. The van der Waals surface area contributed by atoms with Crippen LogP contribution < -0.4 is 16.0 Å². The summed E-state index contributed by atoms with van der Waals surface area (Å²) in [6.45, 7) is 2.63. The Kier molecular flexibility index (Phi) is 6.48. The predicted molar refractivity (Wildman–Crippen MR) is 108 cm³/mol. The van der Waals surface area contributed by atoms with Crippen LogP contribution in [0, 0.1) is 11.6 Å². The zero-order chi connectivity index (χ0) is 24.6. The second kappa shape index (κ2) is 8.83. The molecule has 3 N–H and O–H groups in total. The van der Waals surface area contributed by atoms with Gasteiger partial charge in [0.1, 0.15) is 23.3 Å². The molecule has 2 atom stereocenters. The molecule has 2 heterocycles. The van der Waals surface area contributed by atoms with Gasteiger partial charge < -0.3 is 20.7 Å². The number of nitrogens with two attached hydrogens (primary N) is 1. The number of pyridine rings is 1. The maximum Gasteiger partial charge on any atom is 0.408 e. The normalized spacial score (nSPS) is 19.3. The molecule has 2 unspecified atom stereocenters. The van der Waals surface area contributed by atoms with Gasteiger partial charge in [0.25, 0.3) is 5.91 Å². The van der Waals surface area contributed by atoms with Crippen LogP contribution in [-0.4, -0.2) is 47.9 Å². The van der Waals surface area contributed by atoms with Gasteiger partial charge in [0.2, 0.25) is 0 Å². The number of nitrogens with zero attached hydrogens (tertiary/aromatic N) is 2. The van der Waals surface area contributed by atoms with Crippen LogP contribution in [0.2, 0.25) is 0 Å². The number of halogens is 5. The summed E-state index contributed by atoms with van der Waals surface area (Å²) in [7, 11) is 0. The highest BCUT2D eigenvalue weighted by Gasteiger charge is 2.41. The molecule has 0 aliphatic carbocycles. The standard InChI is InChI=1S/C21H21F5N4O3/c1-11(21(24,25)26)29-18(31)16-9-28-8-15(12-5-13(22)7-14(23)6-12)17(16)30-4-3-20(2,10-30)33-19(27)32/h5-9,11H,3-4,10H2,1-2H3,(H2,27,32)(H,29,31). The van der Waals surface area contributed by atoms with E-state index in [0.29, 0.717) is 6.07 Å². The molecule has 33 heavy (non-hydrogen) atoms. The first-order valence-electron chi connectivity index (χ1n) is 9.84. The molecular weight excluding hydrogens is 451 g/mol. The maximum atomic E-state index is 13.9. The van der Waals surface area contributed by atoms with Gasteiger partial charge in [0, 0.05) is 37.0 Å². The Labute approximate surface area is 185 Å². The third-order valence-electron chi connectivity index (χ3n) is 5.27. The number of primary amides is 1. The first kappa shape index (κ1) is 24.2. The lowest BCUT2D eigenvalue weighted by molar-refractivity contribution is -0.149. The number of hydrogen-bond donors (Lipinski definition) is 2. The topological polar surface area (TPSA) is 97.6 Å². The van der Waals surface area contributed by atoms with Crippen LogP contribution in [0.25, 0.3) is 11.1 Å². The van der Waals surface area contributed by atoms with Gasteiger partial charge in [-0.15, -0.1) is 0 Å². The van der Waals surface area contributed by atoms with Crippen LogP contribution in [-0.2, 0) is 4.74 Å². The first-order chi connectivity index (χ1) is 15.3. The van der Waals surface area contributed by atoms with Crippen molar-refractivity contribution in [2.75, 3.05) is 18.0 Å². The SMILES string of the molecule is CC(NC(=O)c1cncc(-c2cc(F)cc(F)c2)c1N1CCC(C)(OC(N)=O)C1)C(F)(F)F. The zero-order valence-electron chi connectivity index (χ0n) is 17.7. The summed E-state index contributed by atoms with van der Waals surface area (Å²) in [6, 6.07) is 0.527. The Morgan fingerprint density at radius 1 is 1.21 bits per heavy atom. The smallest absolute Gasteiger partial charge is 0.408 e. The van der Waals surface area contributed by atoms with Crippen LogP contribution in [0.5, 0.6) is 0 Å². The lowest BCUT2D eigenvalue weighted by Crippen LogP contribution is -2.43. The van der Waals surface area contributed by atoms with Gasteiger partial charge in [-0.25, -0.2) is 13.6 Å². The number of amides is 2. The molecule has 0 bridgehead atoms. The van der Waals surface area contributed by atoms with E-state index in [4.69, 9.17) is 10.5 Å². The van der Waals surface area contributed by atoms with Crippen molar-refractivity contribution in [3.63, 3.8) is 0 Å². The average Bonchev–Trinajstić information content (AvgIpc) is 3.06. The van der Waals surface area contributed by atoms with Crippen LogP contribution >= 0.6 is 0 Å². The zero-order valence-corrected chi connectivity index (χ0v) is 17.7. The number of rotatable bonds is 5. The minimum atomic E-state index is -4.69. The summed E-state index contributed by atoms with van der Waals surface area (Å²) in [5, 5.41) is 1.87. The summed E-state index contributed by atoms with van der Waals surface area (Å²) in [5.74, 6) is -2.86. The van der Waals surface area contributed by atoms with Gasteiger partial charge >= 0.3 is 12.3 Å². The fourth-order valence-electron chi connectivity index (χ4n) is 3.69. The molecule has 7 nitrogen and oxygen atoms in total. The molecule has 1 aliphatic rings. The number of anilines is 1. The van der Waals surface area contributed by atoms with E-state index < -0.39 is 41.5 Å². The highest BCUT2D eigenvalue weighted by atomic mass is 19.4. The van der Waals surface area contributed by atoms with Gasteiger partial charge in [-0.3, -0.25) is 9.78 Å². The van der Waals surface area contributed by atoms with Crippen molar-refractivity contribution in [3.8, 4) is 11.1 Å². The molecule has 2 aromatic rings. The van der Waals surface area contributed by atoms with Gasteiger partial charge in [-0.05, 0) is 31.5 Å². The van der Waals surface area contributed by atoms with Crippen molar-refractivity contribution < 1.29 is 36.3 Å². The van der Waals surface area contributed by atoms with Crippen molar-refractivity contribution in [2.45, 2.75) is 38.1 Å². The number of alkyl halides is 3. The summed E-state index contributed by atoms with van der Waals surface area (Å²) in [6.07, 6.45) is -3.10. The van der Waals surface area contributed by atoms with E-state index in [9.17, 15) is 31.5 Å². The third-order valence-corrected chi connectivity index (χ3v) is 5.27. The lowest BCUT2D eigenvalue weighted by atomic mass is 10.0. The largest absolute Gasteiger partial charge is 0.441 e. The van der Waals surface area contributed by atoms with Crippen molar-refractivity contribution >= 4 is 17.7 Å². The molecule has 2 amide bonds. The van der Waals surface area contributed by atoms with Gasteiger partial charge in [0.15, 0.2) is 0 Å². The van der Waals surface area contributed by atoms with Crippen molar-refractivity contribution in [2.24, 2.45) is 5.73 Å². The molecular formula is C21H21F5N4O3. The molecule has 0 radical (unpaired) electrons. The maximum absolute atomic E-state index is 13.9. The second-order valence-electron chi connectivity index (χ2n) is 8.02. The Hall–Kier alpha value is -3.44. The van der Waals surface area contributed by atoms with Gasteiger partial charge in [-0.1, -0.05) is 0 Å². The van der Waals surface area contributed by atoms with E-state index >= 15 is 0 Å². The van der Waals surface area contributed by atoms with Gasteiger partial charge in [-0.2, -0.15) is 13.2 Å². The minimum absolute atomic E-state index is 0.0259. The summed E-state index contributed by atoms with van der Waals surface area (Å²) in [5.41, 5.74) is 4.07. The number of aromatic nitrogens is 1. The van der Waals surface area contributed by atoms with E-state index in [1.807, 2.05) is 5.32 Å².